The molecule has 2 fully saturated rings. The van der Waals surface area contributed by atoms with Crippen LogP contribution in [0.5, 0.6) is 5.75 Å². The molecule has 32 heavy (non-hydrogen) atoms. The standard InChI is InChI=1S/C22H30F2N4O4/c1-22(2,3)28(21(29)30)5-4-26-11-16-13-27(14-17(12-26)32-16)6-7-31-20-18(23)8-15(10-25)9-19(20)24/h8-9,16-17H,4-7,11-14H2,1-3H3,(H,29,30). The number of carbonyl (C=O) groups is 1. The first-order valence-corrected chi connectivity index (χ1v) is 10.7. The first-order chi connectivity index (χ1) is 15.1. The Morgan fingerprint density at radius 2 is 1.72 bits per heavy atom. The Balaban J connectivity index is 1.47. The maximum absolute atomic E-state index is 14.0. The Bertz CT molecular complexity index is 833. The van der Waals surface area contributed by atoms with Gasteiger partial charge in [0, 0.05) is 51.4 Å². The second kappa shape index (κ2) is 9.98. The van der Waals surface area contributed by atoms with Gasteiger partial charge in [-0.3, -0.25) is 9.80 Å². The highest BCUT2D eigenvalue weighted by molar-refractivity contribution is 5.65. The van der Waals surface area contributed by atoms with Crippen LogP contribution >= 0.6 is 0 Å². The first kappa shape index (κ1) is 24.2. The molecule has 2 heterocycles. The van der Waals surface area contributed by atoms with E-state index < -0.39 is 29.0 Å². The number of benzene rings is 1. The van der Waals surface area contributed by atoms with E-state index in [1.165, 1.54) is 4.90 Å². The number of ether oxygens (including phenoxy) is 2. The maximum Gasteiger partial charge on any atom is 0.407 e. The van der Waals surface area contributed by atoms with E-state index in [0.29, 0.717) is 45.8 Å². The molecule has 0 saturated carbocycles. The zero-order chi connectivity index (χ0) is 23.5. The van der Waals surface area contributed by atoms with Gasteiger partial charge in [0.2, 0.25) is 0 Å². The lowest BCUT2D eigenvalue weighted by atomic mass is 10.1. The van der Waals surface area contributed by atoms with Gasteiger partial charge in [-0.05, 0) is 32.9 Å². The summed E-state index contributed by atoms with van der Waals surface area (Å²) < 4.78 is 39.3. The Kier molecular flexibility index (Phi) is 7.54. The molecular weight excluding hydrogens is 422 g/mol. The van der Waals surface area contributed by atoms with Gasteiger partial charge < -0.3 is 19.5 Å². The molecule has 0 radical (unpaired) electrons. The highest BCUT2D eigenvalue weighted by atomic mass is 19.1. The summed E-state index contributed by atoms with van der Waals surface area (Å²) in [6, 6.07) is 3.62. The summed E-state index contributed by atoms with van der Waals surface area (Å²) >= 11 is 0. The minimum absolute atomic E-state index is 0.0150. The molecule has 1 N–H and O–H groups in total. The van der Waals surface area contributed by atoms with Gasteiger partial charge in [0.15, 0.2) is 17.4 Å². The lowest BCUT2D eigenvalue weighted by molar-refractivity contribution is -0.140. The van der Waals surface area contributed by atoms with Gasteiger partial charge in [-0.25, -0.2) is 13.6 Å². The molecule has 2 unspecified atom stereocenters. The molecule has 1 aromatic carbocycles. The molecule has 2 bridgehead atoms. The van der Waals surface area contributed by atoms with Crippen molar-refractivity contribution < 1.29 is 28.2 Å². The molecule has 2 saturated heterocycles. The third-order valence-electron chi connectivity index (χ3n) is 5.69. The van der Waals surface area contributed by atoms with Crippen LogP contribution in [0.2, 0.25) is 0 Å². The predicted octanol–water partition coefficient (Wildman–Crippen LogP) is 2.38. The van der Waals surface area contributed by atoms with Crippen molar-refractivity contribution in [1.82, 2.24) is 14.7 Å². The molecule has 2 atom stereocenters. The number of hydrogen-bond donors (Lipinski definition) is 1. The van der Waals surface area contributed by atoms with Crippen molar-refractivity contribution >= 4 is 6.09 Å². The van der Waals surface area contributed by atoms with Crippen molar-refractivity contribution in [1.29, 1.82) is 5.26 Å². The van der Waals surface area contributed by atoms with Crippen molar-refractivity contribution in [3.63, 3.8) is 0 Å². The Labute approximate surface area is 186 Å². The number of nitriles is 1. The van der Waals surface area contributed by atoms with Crippen molar-refractivity contribution in [3.05, 3.63) is 29.3 Å². The molecule has 0 spiro atoms. The lowest BCUT2D eigenvalue weighted by Gasteiger charge is -2.46. The van der Waals surface area contributed by atoms with Crippen LogP contribution in [0.3, 0.4) is 0 Å². The lowest BCUT2D eigenvalue weighted by Crippen LogP contribution is -2.61. The van der Waals surface area contributed by atoms with Crippen molar-refractivity contribution in [2.24, 2.45) is 0 Å². The number of nitrogens with zero attached hydrogens (tertiary/aromatic N) is 4. The number of hydrogen-bond acceptors (Lipinski definition) is 6. The Morgan fingerprint density at radius 3 is 2.19 bits per heavy atom. The van der Waals surface area contributed by atoms with Crippen molar-refractivity contribution in [3.8, 4) is 11.8 Å². The van der Waals surface area contributed by atoms with Gasteiger partial charge in [0.1, 0.15) is 6.61 Å². The van der Waals surface area contributed by atoms with Gasteiger partial charge in [0.25, 0.3) is 0 Å². The zero-order valence-corrected chi connectivity index (χ0v) is 18.7. The monoisotopic (exact) mass is 452 g/mol. The summed E-state index contributed by atoms with van der Waals surface area (Å²) in [5, 5.41) is 18.2. The van der Waals surface area contributed by atoms with Crippen molar-refractivity contribution in [2.75, 3.05) is 52.4 Å². The average molecular weight is 453 g/mol. The molecule has 0 aliphatic carbocycles. The van der Waals surface area contributed by atoms with Crippen LogP contribution in [0, 0.1) is 23.0 Å². The van der Waals surface area contributed by atoms with E-state index in [0.717, 1.165) is 12.1 Å². The molecule has 2 aliphatic heterocycles. The van der Waals surface area contributed by atoms with Gasteiger partial charge >= 0.3 is 6.09 Å². The third kappa shape index (κ3) is 6.06. The number of morpholine rings is 2. The van der Waals surface area contributed by atoms with Crippen LogP contribution in [0.1, 0.15) is 26.3 Å². The molecule has 10 heteroatoms. The van der Waals surface area contributed by atoms with Gasteiger partial charge in [0.05, 0.1) is 23.8 Å². The normalized spacial score (nSPS) is 21.8. The second-order valence-corrected chi connectivity index (χ2v) is 9.23. The molecule has 1 amide bonds. The molecule has 1 aromatic rings. The first-order valence-electron chi connectivity index (χ1n) is 10.7. The summed E-state index contributed by atoms with van der Waals surface area (Å²) in [7, 11) is 0. The summed E-state index contributed by atoms with van der Waals surface area (Å²) in [6.07, 6.45) is -0.954. The summed E-state index contributed by atoms with van der Waals surface area (Å²) in [5.41, 5.74) is -0.551. The van der Waals surface area contributed by atoms with Crippen LogP contribution in [-0.2, 0) is 4.74 Å². The van der Waals surface area contributed by atoms with E-state index in [1.807, 2.05) is 20.8 Å². The van der Waals surface area contributed by atoms with Crippen LogP contribution in [-0.4, -0.2) is 96.1 Å². The smallest absolute Gasteiger partial charge is 0.407 e. The van der Waals surface area contributed by atoms with E-state index in [1.54, 1.807) is 6.07 Å². The van der Waals surface area contributed by atoms with E-state index in [2.05, 4.69) is 9.80 Å². The SMILES string of the molecule is CC(C)(C)N(CCN1CC2CN(CCOc3c(F)cc(C#N)cc3F)CC(C1)O2)C(=O)O. The Hall–Kier alpha value is -2.48. The number of carboxylic acid groups (broad SMARTS) is 1. The largest absolute Gasteiger partial charge is 0.486 e. The Morgan fingerprint density at radius 1 is 1.19 bits per heavy atom. The van der Waals surface area contributed by atoms with Crippen LogP contribution in [0.15, 0.2) is 12.1 Å². The topological polar surface area (TPSA) is 89.3 Å². The summed E-state index contributed by atoms with van der Waals surface area (Å²) in [5.74, 6) is -2.24. The number of amides is 1. The second-order valence-electron chi connectivity index (χ2n) is 9.23. The van der Waals surface area contributed by atoms with E-state index in [9.17, 15) is 18.7 Å². The highest BCUT2D eigenvalue weighted by Crippen LogP contribution is 2.24. The average Bonchev–Trinajstić information content (AvgIpc) is 2.68. The van der Waals surface area contributed by atoms with Crippen molar-refractivity contribution in [2.45, 2.75) is 38.5 Å². The van der Waals surface area contributed by atoms with Crippen LogP contribution < -0.4 is 4.74 Å². The summed E-state index contributed by atoms with van der Waals surface area (Å²) in [4.78, 5) is 17.4. The van der Waals surface area contributed by atoms with Gasteiger partial charge in [-0.15, -0.1) is 0 Å². The molecule has 8 nitrogen and oxygen atoms in total. The van der Waals surface area contributed by atoms with Crippen LogP contribution in [0.4, 0.5) is 13.6 Å². The minimum Gasteiger partial charge on any atom is -0.486 e. The molecule has 176 valence electrons. The fourth-order valence-corrected chi connectivity index (χ4v) is 4.22. The highest BCUT2D eigenvalue weighted by Gasteiger charge is 2.35. The maximum atomic E-state index is 14.0. The van der Waals surface area contributed by atoms with Crippen LogP contribution in [0.25, 0.3) is 0 Å². The van der Waals surface area contributed by atoms with E-state index in [4.69, 9.17) is 14.7 Å². The molecule has 0 aromatic heterocycles. The van der Waals surface area contributed by atoms with E-state index in [-0.39, 0.29) is 24.4 Å². The minimum atomic E-state index is -0.924. The third-order valence-corrected chi connectivity index (χ3v) is 5.69. The summed E-state index contributed by atoms with van der Waals surface area (Å²) in [6.45, 7) is 10.0. The fraction of sp³-hybridized carbons (Fsp3) is 0.636. The van der Waals surface area contributed by atoms with Gasteiger partial charge in [-0.2, -0.15) is 5.26 Å². The zero-order valence-electron chi connectivity index (χ0n) is 18.7. The fourth-order valence-electron chi connectivity index (χ4n) is 4.22. The number of fused-ring (bicyclic) bond motifs is 2. The predicted molar refractivity (Wildman–Crippen MR) is 113 cm³/mol. The quantitative estimate of drug-likeness (QED) is 0.679. The number of rotatable bonds is 7. The van der Waals surface area contributed by atoms with E-state index >= 15 is 0 Å². The molecule has 2 aliphatic rings. The van der Waals surface area contributed by atoms with Gasteiger partial charge in [-0.1, -0.05) is 0 Å². The molecule has 3 rings (SSSR count). The molecular formula is C22H30F2N4O4. The number of halogens is 2.